The Bertz CT molecular complexity index is 953. The second-order valence-electron chi connectivity index (χ2n) is 6.89. The Morgan fingerprint density at radius 3 is 2.21 bits per heavy atom. The average Bonchev–Trinajstić information content (AvgIpc) is 3.19. The number of aryl methyl sites for hydroxylation is 3. The number of benzene rings is 2. The third kappa shape index (κ3) is 4.87. The summed E-state index contributed by atoms with van der Waals surface area (Å²) in [4.78, 5) is 25.1. The van der Waals surface area contributed by atoms with Gasteiger partial charge in [-0.15, -0.1) is 11.3 Å². The van der Waals surface area contributed by atoms with Gasteiger partial charge in [0, 0.05) is 17.8 Å². The highest BCUT2D eigenvalue weighted by Crippen LogP contribution is 2.17. The van der Waals surface area contributed by atoms with Gasteiger partial charge in [0.15, 0.2) is 0 Å². The van der Waals surface area contributed by atoms with Crippen LogP contribution >= 0.6 is 11.3 Å². The molecular formula is C23H24N2O2S. The smallest absolute Gasteiger partial charge is 0.265 e. The zero-order chi connectivity index (χ0) is 20.1. The second kappa shape index (κ2) is 8.85. The van der Waals surface area contributed by atoms with Crippen molar-refractivity contribution in [2.75, 3.05) is 11.9 Å². The maximum Gasteiger partial charge on any atom is 0.265 e. The van der Waals surface area contributed by atoms with Crippen LogP contribution in [0.25, 0.3) is 0 Å². The minimum atomic E-state index is -0.143. The molecule has 0 spiro atoms. The molecule has 0 saturated carbocycles. The number of anilines is 1. The summed E-state index contributed by atoms with van der Waals surface area (Å²) in [5.41, 5.74) is 6.31. The van der Waals surface area contributed by atoms with Crippen molar-refractivity contribution < 1.29 is 9.59 Å². The Hall–Kier alpha value is -2.92. The van der Waals surface area contributed by atoms with Gasteiger partial charge in [0.2, 0.25) is 0 Å². The van der Waals surface area contributed by atoms with Gasteiger partial charge in [0.05, 0.1) is 4.88 Å². The third-order valence-corrected chi connectivity index (χ3v) is 5.52. The van der Waals surface area contributed by atoms with Crippen molar-refractivity contribution in [2.45, 2.75) is 27.2 Å². The number of nitrogens with one attached hydrogen (secondary N) is 2. The average molecular weight is 393 g/mol. The second-order valence-corrected chi connectivity index (χ2v) is 7.84. The highest BCUT2D eigenvalue weighted by molar-refractivity contribution is 7.12. The summed E-state index contributed by atoms with van der Waals surface area (Å²) in [6.45, 7) is 6.90. The van der Waals surface area contributed by atoms with Gasteiger partial charge in [-0.2, -0.15) is 0 Å². The highest BCUT2D eigenvalue weighted by atomic mass is 32.1. The molecule has 1 aromatic heterocycles. The first-order valence-electron chi connectivity index (χ1n) is 9.24. The number of carbonyl (C=O) groups excluding carboxylic acids is 2. The third-order valence-electron chi connectivity index (χ3n) is 4.65. The maximum atomic E-state index is 12.4. The standard InChI is InChI=1S/C23H24N2O2S/c1-15-13-16(2)20(17(3)14-15)10-11-24-22(26)18-6-8-19(9-7-18)25-23(27)21-5-4-12-28-21/h4-9,12-14H,10-11H2,1-3H3,(H,24,26)(H,25,27). The van der Waals surface area contributed by atoms with Gasteiger partial charge >= 0.3 is 0 Å². The van der Waals surface area contributed by atoms with E-state index in [-0.39, 0.29) is 11.8 Å². The molecule has 0 aliphatic carbocycles. The van der Waals surface area contributed by atoms with Crippen LogP contribution in [0.4, 0.5) is 5.69 Å². The molecule has 0 aliphatic rings. The van der Waals surface area contributed by atoms with Gasteiger partial charge in [-0.1, -0.05) is 23.8 Å². The molecule has 1 heterocycles. The molecule has 2 aromatic carbocycles. The number of rotatable bonds is 6. The van der Waals surface area contributed by atoms with E-state index in [2.05, 4.69) is 43.5 Å². The van der Waals surface area contributed by atoms with Gasteiger partial charge in [-0.25, -0.2) is 0 Å². The molecule has 2 N–H and O–H groups in total. The molecular weight excluding hydrogens is 368 g/mol. The lowest BCUT2D eigenvalue weighted by molar-refractivity contribution is 0.0953. The van der Waals surface area contributed by atoms with Crippen molar-refractivity contribution >= 4 is 28.8 Å². The van der Waals surface area contributed by atoms with Crippen LogP contribution in [0.2, 0.25) is 0 Å². The Morgan fingerprint density at radius 2 is 1.61 bits per heavy atom. The van der Waals surface area contributed by atoms with Crippen molar-refractivity contribution in [1.29, 1.82) is 0 Å². The molecule has 0 atom stereocenters. The number of thiophene rings is 1. The number of hydrogen-bond donors (Lipinski definition) is 2. The summed E-state index contributed by atoms with van der Waals surface area (Å²) in [7, 11) is 0. The summed E-state index contributed by atoms with van der Waals surface area (Å²) in [5, 5.41) is 7.67. The summed E-state index contributed by atoms with van der Waals surface area (Å²) in [6, 6.07) is 14.9. The topological polar surface area (TPSA) is 58.2 Å². The number of carbonyl (C=O) groups is 2. The van der Waals surface area contributed by atoms with E-state index in [1.807, 2.05) is 11.4 Å². The van der Waals surface area contributed by atoms with Crippen LogP contribution in [0.15, 0.2) is 53.9 Å². The van der Waals surface area contributed by atoms with Crippen LogP contribution in [0.3, 0.4) is 0 Å². The van der Waals surface area contributed by atoms with E-state index in [1.54, 1.807) is 30.3 Å². The summed E-state index contributed by atoms with van der Waals surface area (Å²) < 4.78 is 0. The van der Waals surface area contributed by atoms with Gasteiger partial charge in [0.25, 0.3) is 11.8 Å². The SMILES string of the molecule is Cc1cc(C)c(CCNC(=O)c2ccc(NC(=O)c3cccs3)cc2)c(C)c1. The molecule has 144 valence electrons. The van der Waals surface area contributed by atoms with E-state index < -0.39 is 0 Å². The van der Waals surface area contributed by atoms with Crippen LogP contribution in [0, 0.1) is 20.8 Å². The van der Waals surface area contributed by atoms with E-state index in [9.17, 15) is 9.59 Å². The summed E-state index contributed by atoms with van der Waals surface area (Å²) >= 11 is 1.39. The fourth-order valence-corrected chi connectivity index (χ4v) is 3.93. The fraction of sp³-hybridized carbons (Fsp3) is 0.217. The van der Waals surface area contributed by atoms with Crippen molar-refractivity contribution in [3.63, 3.8) is 0 Å². The van der Waals surface area contributed by atoms with Crippen molar-refractivity contribution in [2.24, 2.45) is 0 Å². The molecule has 5 heteroatoms. The van der Waals surface area contributed by atoms with Crippen molar-refractivity contribution in [1.82, 2.24) is 5.32 Å². The van der Waals surface area contributed by atoms with E-state index in [4.69, 9.17) is 0 Å². The highest BCUT2D eigenvalue weighted by Gasteiger charge is 2.09. The Kier molecular flexibility index (Phi) is 6.26. The Morgan fingerprint density at radius 1 is 0.929 bits per heavy atom. The molecule has 0 aliphatic heterocycles. The predicted molar refractivity (Wildman–Crippen MR) is 115 cm³/mol. The first-order chi connectivity index (χ1) is 13.4. The number of hydrogen-bond acceptors (Lipinski definition) is 3. The fourth-order valence-electron chi connectivity index (χ4n) is 3.31. The molecule has 3 rings (SSSR count). The summed E-state index contributed by atoms with van der Waals surface area (Å²) in [6.07, 6.45) is 0.804. The van der Waals surface area contributed by atoms with E-state index >= 15 is 0 Å². The quantitative estimate of drug-likeness (QED) is 0.627. The van der Waals surface area contributed by atoms with Crippen LogP contribution in [0.5, 0.6) is 0 Å². The normalized spacial score (nSPS) is 10.5. The van der Waals surface area contributed by atoms with E-state index in [0.717, 1.165) is 6.42 Å². The molecule has 3 aromatic rings. The summed E-state index contributed by atoms with van der Waals surface area (Å²) in [5.74, 6) is -0.255. The number of amides is 2. The minimum Gasteiger partial charge on any atom is -0.352 e. The van der Waals surface area contributed by atoms with Crippen molar-refractivity contribution in [3.8, 4) is 0 Å². The van der Waals surface area contributed by atoms with Crippen molar-refractivity contribution in [3.05, 3.63) is 86.6 Å². The Balaban J connectivity index is 1.54. The molecule has 0 bridgehead atoms. The van der Waals surface area contributed by atoms with Gasteiger partial charge < -0.3 is 10.6 Å². The Labute approximate surface area is 169 Å². The molecule has 0 saturated heterocycles. The molecule has 2 amide bonds. The first-order valence-corrected chi connectivity index (χ1v) is 10.1. The van der Waals surface area contributed by atoms with Gasteiger partial charge in [-0.05, 0) is 79.6 Å². The minimum absolute atomic E-state index is 0.112. The predicted octanol–water partition coefficient (Wildman–Crippen LogP) is 4.90. The lowest BCUT2D eigenvalue weighted by atomic mass is 9.97. The first kappa shape index (κ1) is 19.8. The zero-order valence-corrected chi connectivity index (χ0v) is 17.2. The largest absolute Gasteiger partial charge is 0.352 e. The van der Waals surface area contributed by atoms with Crippen LogP contribution in [0.1, 0.15) is 42.3 Å². The monoisotopic (exact) mass is 392 g/mol. The zero-order valence-electron chi connectivity index (χ0n) is 16.3. The van der Waals surface area contributed by atoms with Crippen LogP contribution in [-0.4, -0.2) is 18.4 Å². The molecule has 28 heavy (non-hydrogen) atoms. The van der Waals surface area contributed by atoms with E-state index in [0.29, 0.717) is 22.7 Å². The van der Waals surface area contributed by atoms with Gasteiger partial charge in [0.1, 0.15) is 0 Å². The van der Waals surface area contributed by atoms with Crippen LogP contribution < -0.4 is 10.6 Å². The molecule has 0 fully saturated rings. The molecule has 0 radical (unpaired) electrons. The maximum absolute atomic E-state index is 12.4. The van der Waals surface area contributed by atoms with E-state index in [1.165, 1.54) is 33.6 Å². The molecule has 0 unspecified atom stereocenters. The van der Waals surface area contributed by atoms with Crippen LogP contribution in [-0.2, 0) is 6.42 Å². The van der Waals surface area contributed by atoms with Gasteiger partial charge in [-0.3, -0.25) is 9.59 Å². The lowest BCUT2D eigenvalue weighted by Crippen LogP contribution is -2.26. The molecule has 4 nitrogen and oxygen atoms in total. The lowest BCUT2D eigenvalue weighted by Gasteiger charge is -2.12.